The quantitative estimate of drug-likeness (QED) is 0.855. The fourth-order valence-electron chi connectivity index (χ4n) is 2.35. The lowest BCUT2D eigenvalue weighted by Crippen LogP contribution is -2.16. The van der Waals surface area contributed by atoms with Crippen molar-refractivity contribution in [3.63, 3.8) is 0 Å². The first-order valence-electron chi connectivity index (χ1n) is 7.16. The van der Waals surface area contributed by atoms with E-state index in [9.17, 15) is 0 Å². The number of aromatic nitrogens is 1. The number of nitrogens with one attached hydrogen (secondary N) is 1. The van der Waals surface area contributed by atoms with Gasteiger partial charge in [0.15, 0.2) is 5.82 Å². The maximum atomic E-state index is 4.45. The van der Waals surface area contributed by atoms with Gasteiger partial charge in [-0.1, -0.05) is 43.7 Å². The van der Waals surface area contributed by atoms with Crippen LogP contribution in [0.4, 0.5) is 11.5 Å². The van der Waals surface area contributed by atoms with Gasteiger partial charge in [0, 0.05) is 20.3 Å². The smallest absolute Gasteiger partial charge is 0.151 e. The van der Waals surface area contributed by atoms with Crippen molar-refractivity contribution in [3.8, 4) is 0 Å². The molecule has 1 aromatic heterocycles. The van der Waals surface area contributed by atoms with E-state index in [4.69, 9.17) is 0 Å². The third-order valence-electron chi connectivity index (χ3n) is 3.32. The third-order valence-corrected chi connectivity index (χ3v) is 3.32. The molecule has 0 radical (unpaired) electrons. The van der Waals surface area contributed by atoms with Gasteiger partial charge in [0.05, 0.1) is 11.7 Å². The number of hydrogen-bond acceptors (Lipinski definition) is 3. The van der Waals surface area contributed by atoms with Crippen molar-refractivity contribution in [2.75, 3.05) is 24.3 Å². The Kier molecular flexibility index (Phi) is 4.99. The van der Waals surface area contributed by atoms with Gasteiger partial charge < -0.3 is 10.2 Å². The van der Waals surface area contributed by atoms with Gasteiger partial charge in [-0.25, -0.2) is 4.98 Å². The Labute approximate surface area is 121 Å². The summed E-state index contributed by atoms with van der Waals surface area (Å²) >= 11 is 0. The lowest BCUT2D eigenvalue weighted by molar-refractivity contribution is 0.677. The first kappa shape index (κ1) is 14.4. The van der Waals surface area contributed by atoms with Crippen LogP contribution in [0.2, 0.25) is 0 Å². The first-order valence-corrected chi connectivity index (χ1v) is 7.16. The van der Waals surface area contributed by atoms with E-state index in [1.807, 2.05) is 31.3 Å². The van der Waals surface area contributed by atoms with Crippen molar-refractivity contribution < 1.29 is 0 Å². The van der Waals surface area contributed by atoms with Crippen molar-refractivity contribution in [2.45, 2.75) is 25.8 Å². The second-order valence-electron chi connectivity index (χ2n) is 5.17. The Hall–Kier alpha value is -2.03. The van der Waals surface area contributed by atoms with Crippen LogP contribution < -0.4 is 10.2 Å². The summed E-state index contributed by atoms with van der Waals surface area (Å²) < 4.78 is 0. The van der Waals surface area contributed by atoms with E-state index >= 15 is 0 Å². The highest BCUT2D eigenvalue weighted by Gasteiger charge is 2.13. The van der Waals surface area contributed by atoms with Gasteiger partial charge in [0.1, 0.15) is 0 Å². The van der Waals surface area contributed by atoms with Crippen LogP contribution in [-0.2, 0) is 0 Å². The third kappa shape index (κ3) is 3.50. The van der Waals surface area contributed by atoms with Crippen LogP contribution in [0.3, 0.4) is 0 Å². The topological polar surface area (TPSA) is 28.2 Å². The van der Waals surface area contributed by atoms with E-state index in [1.54, 1.807) is 0 Å². The predicted molar refractivity (Wildman–Crippen MR) is 86.3 cm³/mol. The van der Waals surface area contributed by atoms with Gasteiger partial charge in [0.25, 0.3) is 0 Å². The average molecular weight is 269 g/mol. The molecule has 0 saturated heterocycles. The highest BCUT2D eigenvalue weighted by atomic mass is 15.2. The molecule has 3 heteroatoms. The highest BCUT2D eigenvalue weighted by molar-refractivity contribution is 5.65. The summed E-state index contributed by atoms with van der Waals surface area (Å²) in [6, 6.07) is 15.0. The van der Waals surface area contributed by atoms with Crippen LogP contribution in [0.15, 0.2) is 48.7 Å². The zero-order valence-electron chi connectivity index (χ0n) is 12.5. The Morgan fingerprint density at radius 1 is 1.10 bits per heavy atom. The Bertz CT molecular complexity index is 523. The molecule has 0 aliphatic rings. The van der Waals surface area contributed by atoms with E-state index in [0.717, 1.165) is 24.3 Å². The second-order valence-corrected chi connectivity index (χ2v) is 5.17. The van der Waals surface area contributed by atoms with Crippen LogP contribution in [0.1, 0.15) is 31.4 Å². The average Bonchev–Trinajstić information content (AvgIpc) is 2.48. The first-order chi connectivity index (χ1) is 9.72. The number of anilines is 2. The van der Waals surface area contributed by atoms with Crippen molar-refractivity contribution in [1.82, 2.24) is 4.98 Å². The molecule has 0 bridgehead atoms. The molecular formula is C17H23N3. The Balaban J connectivity index is 2.25. The minimum atomic E-state index is 0.323. The molecule has 0 amide bonds. The molecule has 20 heavy (non-hydrogen) atoms. The molecular weight excluding hydrogens is 246 g/mol. The molecule has 1 heterocycles. The molecule has 1 atom stereocenters. The minimum Gasteiger partial charge on any atom is -0.375 e. The standard InChI is InChI=1S/C17H23N3/c1-4-9-15(14-10-6-5-7-11-14)19-16-12-8-13-18-17(16)20(2)3/h5-8,10-13,15,19H,4,9H2,1-3H3. The maximum absolute atomic E-state index is 4.45. The van der Waals surface area contributed by atoms with Crippen molar-refractivity contribution in [1.29, 1.82) is 0 Å². The highest BCUT2D eigenvalue weighted by Crippen LogP contribution is 2.28. The number of rotatable bonds is 6. The van der Waals surface area contributed by atoms with E-state index in [0.29, 0.717) is 6.04 Å². The number of hydrogen-bond donors (Lipinski definition) is 1. The lowest BCUT2D eigenvalue weighted by Gasteiger charge is -2.23. The van der Waals surface area contributed by atoms with Gasteiger partial charge in [-0.3, -0.25) is 0 Å². The van der Waals surface area contributed by atoms with Crippen molar-refractivity contribution in [2.24, 2.45) is 0 Å². The molecule has 3 nitrogen and oxygen atoms in total. The van der Waals surface area contributed by atoms with Gasteiger partial charge in [-0.05, 0) is 24.1 Å². The predicted octanol–water partition coefficient (Wildman–Crippen LogP) is 4.10. The fraction of sp³-hybridized carbons (Fsp3) is 0.353. The molecule has 0 spiro atoms. The molecule has 2 aromatic rings. The summed E-state index contributed by atoms with van der Waals surface area (Å²) in [5.41, 5.74) is 2.41. The Morgan fingerprint density at radius 3 is 2.50 bits per heavy atom. The number of pyridine rings is 1. The van der Waals surface area contributed by atoms with E-state index in [2.05, 4.69) is 53.6 Å². The van der Waals surface area contributed by atoms with Crippen LogP contribution in [0.5, 0.6) is 0 Å². The zero-order chi connectivity index (χ0) is 14.4. The van der Waals surface area contributed by atoms with Crippen LogP contribution in [0, 0.1) is 0 Å². The molecule has 0 aliphatic heterocycles. The maximum Gasteiger partial charge on any atom is 0.151 e. The van der Waals surface area contributed by atoms with E-state index in [-0.39, 0.29) is 0 Å². The summed E-state index contributed by atoms with van der Waals surface area (Å²) in [7, 11) is 4.04. The van der Waals surface area contributed by atoms with E-state index in [1.165, 1.54) is 5.56 Å². The number of nitrogens with zero attached hydrogens (tertiary/aromatic N) is 2. The Morgan fingerprint density at radius 2 is 1.85 bits per heavy atom. The molecule has 1 aromatic carbocycles. The van der Waals surface area contributed by atoms with Crippen LogP contribution >= 0.6 is 0 Å². The summed E-state index contributed by atoms with van der Waals surface area (Å²) in [5, 5.41) is 3.64. The summed E-state index contributed by atoms with van der Waals surface area (Å²) in [6.07, 6.45) is 4.08. The monoisotopic (exact) mass is 269 g/mol. The molecule has 2 rings (SSSR count). The molecule has 0 saturated carbocycles. The SMILES string of the molecule is CCCC(Nc1cccnc1N(C)C)c1ccccc1. The zero-order valence-corrected chi connectivity index (χ0v) is 12.5. The molecule has 106 valence electrons. The van der Waals surface area contributed by atoms with Gasteiger partial charge in [-0.15, -0.1) is 0 Å². The van der Waals surface area contributed by atoms with Gasteiger partial charge >= 0.3 is 0 Å². The second kappa shape index (κ2) is 6.94. The van der Waals surface area contributed by atoms with Gasteiger partial charge in [-0.2, -0.15) is 0 Å². The minimum absolute atomic E-state index is 0.323. The van der Waals surface area contributed by atoms with Crippen molar-refractivity contribution >= 4 is 11.5 Å². The summed E-state index contributed by atoms with van der Waals surface area (Å²) in [4.78, 5) is 6.49. The normalized spacial score (nSPS) is 11.9. The molecule has 0 aliphatic carbocycles. The number of benzene rings is 1. The molecule has 0 fully saturated rings. The molecule has 1 unspecified atom stereocenters. The lowest BCUT2D eigenvalue weighted by atomic mass is 10.0. The summed E-state index contributed by atoms with van der Waals surface area (Å²) in [6.45, 7) is 2.22. The van der Waals surface area contributed by atoms with Crippen molar-refractivity contribution in [3.05, 3.63) is 54.2 Å². The summed E-state index contributed by atoms with van der Waals surface area (Å²) in [5.74, 6) is 0.976. The van der Waals surface area contributed by atoms with E-state index < -0.39 is 0 Å². The van der Waals surface area contributed by atoms with Crippen LogP contribution in [-0.4, -0.2) is 19.1 Å². The largest absolute Gasteiger partial charge is 0.375 e. The van der Waals surface area contributed by atoms with Gasteiger partial charge in [0.2, 0.25) is 0 Å². The van der Waals surface area contributed by atoms with Crippen LogP contribution in [0.25, 0.3) is 0 Å². The molecule has 1 N–H and O–H groups in total. The fourth-order valence-corrected chi connectivity index (χ4v) is 2.35.